The molecule has 0 saturated heterocycles. The van der Waals surface area contributed by atoms with E-state index in [0.29, 0.717) is 0 Å². The van der Waals surface area contributed by atoms with Gasteiger partial charge in [-0.1, -0.05) is 193 Å². The first-order chi connectivity index (χ1) is 18.7. The van der Waals surface area contributed by atoms with Gasteiger partial charge in [0.2, 0.25) is 0 Å². The van der Waals surface area contributed by atoms with E-state index in [0.717, 1.165) is 12.8 Å². The summed E-state index contributed by atoms with van der Waals surface area (Å²) in [4.78, 5) is 0. The summed E-state index contributed by atoms with van der Waals surface area (Å²) in [7, 11) is 0. The third-order valence-electron chi connectivity index (χ3n) is 8.81. The lowest BCUT2D eigenvalue weighted by Gasteiger charge is -2.33. The fraction of sp³-hybridized carbons (Fsp3) is 0.838. The van der Waals surface area contributed by atoms with E-state index >= 15 is 0 Å². The molecule has 230 valence electrons. The number of nitrogens with two attached hydrogens (primary N) is 1. The van der Waals surface area contributed by atoms with Gasteiger partial charge in [0.25, 0.3) is 0 Å². The Bertz CT molecular complexity index is 608. The van der Waals surface area contributed by atoms with Crippen LogP contribution < -0.4 is 5.73 Å². The van der Waals surface area contributed by atoms with Gasteiger partial charge in [-0.25, -0.2) is 0 Å². The van der Waals surface area contributed by atoms with Crippen molar-refractivity contribution in [2.24, 2.45) is 5.73 Å². The molecule has 0 aliphatic carbocycles. The summed E-state index contributed by atoms with van der Waals surface area (Å²) >= 11 is 0. The van der Waals surface area contributed by atoms with Gasteiger partial charge in [0.15, 0.2) is 0 Å². The smallest absolute Gasteiger partial charge is 0.0412 e. The zero-order valence-corrected chi connectivity index (χ0v) is 28.6. The van der Waals surface area contributed by atoms with Gasteiger partial charge >= 0.3 is 0 Å². The molecule has 0 aliphatic rings. The van der Waals surface area contributed by atoms with Crippen LogP contribution in [0.1, 0.15) is 199 Å². The predicted molar refractivity (Wildman–Crippen MR) is 183 cm³/mol. The van der Waals surface area contributed by atoms with Gasteiger partial charge in [0.1, 0.15) is 0 Å². The van der Waals surface area contributed by atoms with E-state index in [1.165, 1.54) is 166 Å². The van der Waals surface area contributed by atoms with Crippen LogP contribution in [-0.4, -0.2) is 0 Å². The molecule has 1 aromatic carbocycles. The van der Waals surface area contributed by atoms with Crippen LogP contribution >= 0.6 is 17.0 Å². The summed E-state index contributed by atoms with van der Waals surface area (Å²) in [5.74, 6) is 0. The first kappa shape index (κ1) is 38.7. The number of hydrogen-bond donors (Lipinski definition) is 1. The van der Waals surface area contributed by atoms with E-state index in [4.69, 9.17) is 5.73 Å². The van der Waals surface area contributed by atoms with Crippen LogP contribution in [0.5, 0.6) is 0 Å². The number of aryl methyl sites for hydroxylation is 1. The lowest BCUT2D eigenvalue weighted by molar-refractivity contribution is 0.340. The molecule has 1 rings (SSSR count). The first-order valence-electron chi connectivity index (χ1n) is 17.5. The maximum absolute atomic E-state index is 7.38. The Labute approximate surface area is 257 Å². The van der Waals surface area contributed by atoms with Crippen molar-refractivity contribution in [3.63, 3.8) is 0 Å². The van der Waals surface area contributed by atoms with Crippen LogP contribution in [0.15, 0.2) is 24.3 Å². The van der Waals surface area contributed by atoms with Gasteiger partial charge in [0.05, 0.1) is 0 Å². The molecule has 1 nitrogen and oxygen atoms in total. The molecule has 2 heteroatoms. The van der Waals surface area contributed by atoms with Crippen molar-refractivity contribution < 1.29 is 0 Å². The van der Waals surface area contributed by atoms with E-state index in [1.54, 1.807) is 5.56 Å². The van der Waals surface area contributed by atoms with E-state index in [1.807, 2.05) is 0 Å². The molecular weight excluding hydrogens is 538 g/mol. The number of hydrogen-bond acceptors (Lipinski definition) is 1. The summed E-state index contributed by atoms with van der Waals surface area (Å²) in [5, 5.41) is 0. The molecular formula is C37H70BrN. The number of benzene rings is 1. The second kappa shape index (κ2) is 27.8. The van der Waals surface area contributed by atoms with Crippen LogP contribution in [0.2, 0.25) is 0 Å². The molecule has 0 saturated carbocycles. The van der Waals surface area contributed by atoms with Gasteiger partial charge in [-0.05, 0) is 36.8 Å². The SMILES string of the molecule is Br.CCCCCCCCCCc1ccccc1C(N)(CCCCCCCCCC)CCCCCCCCCC. The van der Waals surface area contributed by atoms with Crippen LogP contribution in [0.25, 0.3) is 0 Å². The Balaban J connectivity index is 0.0000144. The topological polar surface area (TPSA) is 26.0 Å². The Morgan fingerprint density at radius 1 is 0.462 bits per heavy atom. The number of rotatable bonds is 28. The van der Waals surface area contributed by atoms with Crippen molar-refractivity contribution in [1.29, 1.82) is 0 Å². The zero-order valence-electron chi connectivity index (χ0n) is 26.9. The van der Waals surface area contributed by atoms with Gasteiger partial charge in [-0.2, -0.15) is 0 Å². The second-order valence-corrected chi connectivity index (χ2v) is 12.5. The third-order valence-corrected chi connectivity index (χ3v) is 8.81. The maximum atomic E-state index is 7.38. The van der Waals surface area contributed by atoms with Crippen molar-refractivity contribution in [3.8, 4) is 0 Å². The molecule has 0 radical (unpaired) electrons. The quantitative estimate of drug-likeness (QED) is 0.0941. The molecule has 0 amide bonds. The minimum Gasteiger partial charge on any atom is -0.321 e. The zero-order chi connectivity index (χ0) is 27.6. The molecule has 0 heterocycles. The lowest BCUT2D eigenvalue weighted by atomic mass is 9.78. The highest BCUT2D eigenvalue weighted by atomic mass is 79.9. The van der Waals surface area contributed by atoms with Crippen LogP contribution in [0.4, 0.5) is 0 Å². The molecule has 0 unspecified atom stereocenters. The Kier molecular flexibility index (Phi) is 27.6. The third kappa shape index (κ3) is 20.2. The summed E-state index contributed by atoms with van der Waals surface area (Å²) in [6, 6.07) is 9.27. The molecule has 39 heavy (non-hydrogen) atoms. The minimum atomic E-state index is -0.138. The molecule has 0 bridgehead atoms. The van der Waals surface area contributed by atoms with Gasteiger partial charge < -0.3 is 5.73 Å². The number of unbranched alkanes of at least 4 members (excludes halogenated alkanes) is 21. The summed E-state index contributed by atoms with van der Waals surface area (Å²) in [6.45, 7) is 6.91. The van der Waals surface area contributed by atoms with Crippen LogP contribution in [0, 0.1) is 0 Å². The van der Waals surface area contributed by atoms with Gasteiger partial charge in [-0.15, -0.1) is 17.0 Å². The summed E-state index contributed by atoms with van der Waals surface area (Å²) in [5.41, 5.74) is 10.3. The molecule has 0 aromatic heterocycles. The van der Waals surface area contributed by atoms with Crippen molar-refractivity contribution in [3.05, 3.63) is 35.4 Å². The fourth-order valence-corrected chi connectivity index (χ4v) is 6.22. The van der Waals surface area contributed by atoms with Crippen molar-refractivity contribution in [2.45, 2.75) is 200 Å². The van der Waals surface area contributed by atoms with Gasteiger partial charge in [-0.3, -0.25) is 0 Å². The minimum absolute atomic E-state index is 0. The number of halogens is 1. The maximum Gasteiger partial charge on any atom is 0.0412 e. The Morgan fingerprint density at radius 3 is 1.21 bits per heavy atom. The predicted octanol–water partition coefficient (Wildman–Crippen LogP) is 13.2. The van der Waals surface area contributed by atoms with Crippen molar-refractivity contribution >= 4 is 17.0 Å². The highest BCUT2D eigenvalue weighted by molar-refractivity contribution is 8.93. The molecule has 0 atom stereocenters. The highest BCUT2D eigenvalue weighted by Crippen LogP contribution is 2.34. The summed E-state index contributed by atoms with van der Waals surface area (Å²) < 4.78 is 0. The second-order valence-electron chi connectivity index (χ2n) is 12.5. The molecule has 0 spiro atoms. The van der Waals surface area contributed by atoms with Gasteiger partial charge in [0, 0.05) is 5.54 Å². The van der Waals surface area contributed by atoms with Crippen LogP contribution in [-0.2, 0) is 12.0 Å². The van der Waals surface area contributed by atoms with E-state index in [-0.39, 0.29) is 22.5 Å². The standard InChI is InChI=1S/C37H69N.BrH/c1-4-7-10-13-16-19-22-25-30-35-31-26-27-32-36(35)37(38,33-28-23-20-17-14-11-8-5-2)34-29-24-21-18-15-12-9-6-3;/h26-27,31-32H,4-25,28-30,33-34,38H2,1-3H3;1H. The lowest BCUT2D eigenvalue weighted by Crippen LogP contribution is -2.37. The molecule has 0 aliphatic heterocycles. The molecule has 1 aromatic rings. The van der Waals surface area contributed by atoms with Crippen molar-refractivity contribution in [1.82, 2.24) is 0 Å². The summed E-state index contributed by atoms with van der Waals surface area (Å²) in [6.07, 6.45) is 36.6. The Hall–Kier alpha value is -0.340. The van der Waals surface area contributed by atoms with Crippen molar-refractivity contribution in [2.75, 3.05) is 0 Å². The van der Waals surface area contributed by atoms with Crippen LogP contribution in [0.3, 0.4) is 0 Å². The van der Waals surface area contributed by atoms with E-state index < -0.39 is 0 Å². The highest BCUT2D eigenvalue weighted by Gasteiger charge is 2.28. The Morgan fingerprint density at radius 2 is 0.795 bits per heavy atom. The fourth-order valence-electron chi connectivity index (χ4n) is 6.22. The average molecular weight is 609 g/mol. The largest absolute Gasteiger partial charge is 0.321 e. The van der Waals surface area contributed by atoms with E-state index in [9.17, 15) is 0 Å². The monoisotopic (exact) mass is 607 g/mol. The normalized spacial score (nSPS) is 11.6. The van der Waals surface area contributed by atoms with E-state index in [2.05, 4.69) is 45.0 Å². The molecule has 0 fully saturated rings. The first-order valence-corrected chi connectivity index (χ1v) is 17.5. The molecule has 2 N–H and O–H groups in total. The average Bonchev–Trinajstić information content (AvgIpc) is 2.93.